The van der Waals surface area contributed by atoms with Crippen LogP contribution in [0.15, 0.2) is 17.4 Å². The Morgan fingerprint density at radius 2 is 2.00 bits per heavy atom. The summed E-state index contributed by atoms with van der Waals surface area (Å²) in [4.78, 5) is 22.3. The SMILES string of the molecule is CSc1nccnc1CN(C(=O)[C@H](C)N)C(C)C. The van der Waals surface area contributed by atoms with Crippen molar-refractivity contribution in [2.45, 2.75) is 44.4 Å². The molecule has 0 aliphatic carbocycles. The fourth-order valence-electron chi connectivity index (χ4n) is 1.57. The molecule has 0 aliphatic rings. The van der Waals surface area contributed by atoms with Crippen molar-refractivity contribution in [2.75, 3.05) is 6.26 Å². The lowest BCUT2D eigenvalue weighted by atomic mass is 10.2. The first-order chi connectivity index (χ1) is 8.47. The Morgan fingerprint density at radius 3 is 2.50 bits per heavy atom. The number of hydrogen-bond donors (Lipinski definition) is 1. The minimum absolute atomic E-state index is 0.0669. The Kier molecular flexibility index (Phi) is 5.55. The molecule has 0 spiro atoms. The molecule has 100 valence electrons. The number of nitrogens with zero attached hydrogens (tertiary/aromatic N) is 3. The fraction of sp³-hybridized carbons (Fsp3) is 0.583. The van der Waals surface area contributed by atoms with Crippen molar-refractivity contribution >= 4 is 17.7 Å². The normalized spacial score (nSPS) is 12.6. The summed E-state index contributed by atoms with van der Waals surface area (Å²) in [7, 11) is 0. The van der Waals surface area contributed by atoms with Gasteiger partial charge in [-0.1, -0.05) is 0 Å². The number of nitrogens with two attached hydrogens (primary N) is 1. The van der Waals surface area contributed by atoms with Crippen LogP contribution < -0.4 is 5.73 Å². The number of aromatic nitrogens is 2. The quantitative estimate of drug-likeness (QED) is 0.815. The Labute approximate surface area is 112 Å². The van der Waals surface area contributed by atoms with Gasteiger partial charge in [0.1, 0.15) is 5.03 Å². The largest absolute Gasteiger partial charge is 0.333 e. The maximum atomic E-state index is 12.0. The van der Waals surface area contributed by atoms with Gasteiger partial charge < -0.3 is 10.6 Å². The minimum Gasteiger partial charge on any atom is -0.333 e. The van der Waals surface area contributed by atoms with Gasteiger partial charge in [-0.2, -0.15) is 0 Å². The number of rotatable bonds is 5. The second-order valence-electron chi connectivity index (χ2n) is 4.36. The molecule has 6 heteroatoms. The average molecular weight is 268 g/mol. The van der Waals surface area contributed by atoms with Gasteiger partial charge >= 0.3 is 0 Å². The summed E-state index contributed by atoms with van der Waals surface area (Å²) in [6.07, 6.45) is 5.24. The van der Waals surface area contributed by atoms with E-state index < -0.39 is 6.04 Å². The van der Waals surface area contributed by atoms with E-state index in [1.807, 2.05) is 20.1 Å². The standard InChI is InChI=1S/C12H20N4OS/c1-8(2)16(12(17)9(3)13)7-10-11(18-4)15-6-5-14-10/h5-6,8-9H,7,13H2,1-4H3/t9-/m0/s1. The summed E-state index contributed by atoms with van der Waals surface area (Å²) in [6.45, 7) is 6.08. The molecule has 0 bridgehead atoms. The van der Waals surface area contributed by atoms with Crippen molar-refractivity contribution in [2.24, 2.45) is 5.73 Å². The highest BCUT2D eigenvalue weighted by Crippen LogP contribution is 2.17. The molecule has 1 amide bonds. The van der Waals surface area contributed by atoms with Gasteiger partial charge in [-0.25, -0.2) is 4.98 Å². The van der Waals surface area contributed by atoms with Crippen LogP contribution in [0.2, 0.25) is 0 Å². The van der Waals surface area contributed by atoms with Crippen LogP contribution in [0.4, 0.5) is 0 Å². The molecule has 0 fully saturated rings. The highest BCUT2D eigenvalue weighted by atomic mass is 32.2. The predicted octanol–water partition coefficient (Wildman–Crippen LogP) is 1.28. The zero-order valence-corrected chi connectivity index (χ0v) is 12.1. The molecule has 5 nitrogen and oxygen atoms in total. The molecule has 0 saturated carbocycles. The van der Waals surface area contributed by atoms with E-state index >= 15 is 0 Å². The van der Waals surface area contributed by atoms with E-state index in [1.54, 1.807) is 24.2 Å². The maximum absolute atomic E-state index is 12.0. The molecule has 1 heterocycles. The van der Waals surface area contributed by atoms with Crippen molar-refractivity contribution in [3.05, 3.63) is 18.1 Å². The number of thioether (sulfide) groups is 1. The van der Waals surface area contributed by atoms with E-state index in [0.717, 1.165) is 10.7 Å². The number of carbonyl (C=O) groups excluding carboxylic acids is 1. The molecule has 0 unspecified atom stereocenters. The Bertz CT molecular complexity index is 409. The van der Waals surface area contributed by atoms with Crippen LogP contribution in [-0.2, 0) is 11.3 Å². The van der Waals surface area contributed by atoms with Crippen molar-refractivity contribution in [3.8, 4) is 0 Å². The maximum Gasteiger partial charge on any atom is 0.239 e. The van der Waals surface area contributed by atoms with Crippen molar-refractivity contribution < 1.29 is 4.79 Å². The smallest absolute Gasteiger partial charge is 0.239 e. The lowest BCUT2D eigenvalue weighted by Gasteiger charge is -2.28. The second kappa shape index (κ2) is 6.70. The van der Waals surface area contributed by atoms with Crippen LogP contribution in [0, 0.1) is 0 Å². The van der Waals surface area contributed by atoms with Gasteiger partial charge in [0.25, 0.3) is 0 Å². The number of amides is 1. The Balaban J connectivity index is 2.93. The molecule has 18 heavy (non-hydrogen) atoms. The number of carbonyl (C=O) groups is 1. The van der Waals surface area contributed by atoms with E-state index in [9.17, 15) is 4.79 Å². The first-order valence-electron chi connectivity index (χ1n) is 5.87. The second-order valence-corrected chi connectivity index (χ2v) is 5.16. The fourth-order valence-corrected chi connectivity index (χ4v) is 2.09. The summed E-state index contributed by atoms with van der Waals surface area (Å²) in [5.74, 6) is -0.0669. The highest BCUT2D eigenvalue weighted by Gasteiger charge is 2.22. The van der Waals surface area contributed by atoms with Crippen LogP contribution in [0.25, 0.3) is 0 Å². The van der Waals surface area contributed by atoms with E-state index in [0.29, 0.717) is 6.54 Å². The molecule has 1 atom stereocenters. The molecule has 0 aromatic carbocycles. The van der Waals surface area contributed by atoms with Gasteiger partial charge in [0.15, 0.2) is 0 Å². The minimum atomic E-state index is -0.498. The Hall–Kier alpha value is -1.14. The summed E-state index contributed by atoms with van der Waals surface area (Å²) in [6, 6.07) is -0.415. The molecule has 1 aromatic heterocycles. The monoisotopic (exact) mass is 268 g/mol. The first kappa shape index (κ1) is 14.9. The third-order valence-electron chi connectivity index (χ3n) is 2.55. The molecular weight excluding hydrogens is 248 g/mol. The molecule has 1 rings (SSSR count). The lowest BCUT2D eigenvalue weighted by Crippen LogP contribution is -2.45. The highest BCUT2D eigenvalue weighted by molar-refractivity contribution is 7.98. The Morgan fingerprint density at radius 1 is 1.39 bits per heavy atom. The van der Waals surface area contributed by atoms with Crippen LogP contribution in [0.3, 0.4) is 0 Å². The zero-order valence-electron chi connectivity index (χ0n) is 11.3. The van der Waals surface area contributed by atoms with Gasteiger partial charge in [0.2, 0.25) is 5.91 Å². The van der Waals surface area contributed by atoms with Crippen LogP contribution in [0.5, 0.6) is 0 Å². The molecule has 0 saturated heterocycles. The third kappa shape index (κ3) is 3.68. The van der Waals surface area contributed by atoms with Gasteiger partial charge in [-0.05, 0) is 27.0 Å². The number of hydrogen-bond acceptors (Lipinski definition) is 5. The van der Waals surface area contributed by atoms with E-state index in [1.165, 1.54) is 11.8 Å². The third-order valence-corrected chi connectivity index (χ3v) is 3.27. The van der Waals surface area contributed by atoms with Crippen LogP contribution in [0.1, 0.15) is 26.5 Å². The summed E-state index contributed by atoms with van der Waals surface area (Å²) in [5.41, 5.74) is 6.48. The average Bonchev–Trinajstić information content (AvgIpc) is 2.35. The lowest BCUT2D eigenvalue weighted by molar-refractivity contribution is -0.134. The van der Waals surface area contributed by atoms with E-state index in [2.05, 4.69) is 9.97 Å². The van der Waals surface area contributed by atoms with Crippen LogP contribution in [-0.4, -0.2) is 39.1 Å². The van der Waals surface area contributed by atoms with Crippen molar-refractivity contribution in [1.29, 1.82) is 0 Å². The van der Waals surface area contributed by atoms with Gasteiger partial charge in [-0.3, -0.25) is 9.78 Å². The molecule has 0 aliphatic heterocycles. The van der Waals surface area contributed by atoms with Gasteiger partial charge in [0.05, 0.1) is 18.3 Å². The van der Waals surface area contributed by atoms with Crippen molar-refractivity contribution in [1.82, 2.24) is 14.9 Å². The van der Waals surface area contributed by atoms with E-state index in [4.69, 9.17) is 5.73 Å². The molecule has 0 radical (unpaired) electrons. The van der Waals surface area contributed by atoms with Crippen LogP contribution >= 0.6 is 11.8 Å². The molecular formula is C12H20N4OS. The summed E-state index contributed by atoms with van der Waals surface area (Å²) < 4.78 is 0. The first-order valence-corrected chi connectivity index (χ1v) is 7.09. The van der Waals surface area contributed by atoms with E-state index in [-0.39, 0.29) is 11.9 Å². The topological polar surface area (TPSA) is 72.1 Å². The molecule has 1 aromatic rings. The molecule has 2 N–H and O–H groups in total. The predicted molar refractivity (Wildman–Crippen MR) is 73.1 cm³/mol. The summed E-state index contributed by atoms with van der Waals surface area (Å²) in [5, 5.41) is 0.848. The van der Waals surface area contributed by atoms with Crippen molar-refractivity contribution in [3.63, 3.8) is 0 Å². The summed E-state index contributed by atoms with van der Waals surface area (Å²) >= 11 is 1.53. The van der Waals surface area contributed by atoms with Gasteiger partial charge in [-0.15, -0.1) is 11.8 Å². The van der Waals surface area contributed by atoms with Gasteiger partial charge in [0, 0.05) is 18.4 Å². The zero-order chi connectivity index (χ0) is 13.7.